The highest BCUT2D eigenvalue weighted by Crippen LogP contribution is 2.40. The molecule has 1 saturated carbocycles. The van der Waals surface area contributed by atoms with Crippen LogP contribution in [0.2, 0.25) is 5.02 Å². The standard InChI is InChI=1S/C23H23ClN4O/c1-29-20-8-7-17-14-28(10-9-16(17)11-20)22-13-21(15-5-6-15)26-23(27-22)25-19-4-2-3-18(24)12-19/h2-4,7-8,11-13,15H,5-6,9-10,14H2,1H3,(H,25,26,27). The summed E-state index contributed by atoms with van der Waals surface area (Å²) in [5.74, 6) is 3.08. The predicted molar refractivity (Wildman–Crippen MR) is 116 cm³/mol. The zero-order chi connectivity index (χ0) is 19.8. The van der Waals surface area contributed by atoms with Crippen LogP contribution in [0.25, 0.3) is 0 Å². The smallest absolute Gasteiger partial charge is 0.229 e. The van der Waals surface area contributed by atoms with Gasteiger partial charge in [-0.1, -0.05) is 23.7 Å². The van der Waals surface area contributed by atoms with Crippen LogP contribution in [0.4, 0.5) is 17.5 Å². The van der Waals surface area contributed by atoms with Crippen molar-refractivity contribution in [3.8, 4) is 5.75 Å². The monoisotopic (exact) mass is 406 g/mol. The summed E-state index contributed by atoms with van der Waals surface area (Å²) >= 11 is 6.13. The van der Waals surface area contributed by atoms with Gasteiger partial charge in [0.1, 0.15) is 11.6 Å². The van der Waals surface area contributed by atoms with Crippen molar-refractivity contribution < 1.29 is 4.74 Å². The number of hydrogen-bond acceptors (Lipinski definition) is 5. The number of nitrogens with one attached hydrogen (secondary N) is 1. The molecule has 2 heterocycles. The van der Waals surface area contributed by atoms with Gasteiger partial charge in [-0.3, -0.25) is 0 Å². The topological polar surface area (TPSA) is 50.3 Å². The molecule has 0 unspecified atom stereocenters. The zero-order valence-electron chi connectivity index (χ0n) is 16.4. The minimum atomic E-state index is 0.554. The van der Waals surface area contributed by atoms with Crippen LogP contribution in [0.5, 0.6) is 5.75 Å². The van der Waals surface area contributed by atoms with E-state index in [4.69, 9.17) is 26.3 Å². The molecule has 0 amide bonds. The molecular formula is C23H23ClN4O. The number of methoxy groups -OCH3 is 1. The lowest BCUT2D eigenvalue weighted by molar-refractivity contribution is 0.413. The van der Waals surface area contributed by atoms with Crippen LogP contribution in [0.15, 0.2) is 48.5 Å². The van der Waals surface area contributed by atoms with Crippen molar-refractivity contribution in [3.05, 3.63) is 70.4 Å². The van der Waals surface area contributed by atoms with Crippen LogP contribution in [0.1, 0.15) is 35.6 Å². The Kier molecular flexibility index (Phi) is 4.76. The fourth-order valence-corrected chi connectivity index (χ4v) is 4.00. The molecule has 1 fully saturated rings. The van der Waals surface area contributed by atoms with E-state index in [2.05, 4.69) is 28.4 Å². The summed E-state index contributed by atoms with van der Waals surface area (Å²) in [6.45, 7) is 1.77. The Bertz CT molecular complexity index is 1050. The third kappa shape index (κ3) is 4.01. The quantitative estimate of drug-likeness (QED) is 0.621. The minimum absolute atomic E-state index is 0.554. The maximum absolute atomic E-state index is 6.13. The van der Waals surface area contributed by atoms with E-state index in [1.807, 2.05) is 30.3 Å². The molecule has 29 heavy (non-hydrogen) atoms. The van der Waals surface area contributed by atoms with Gasteiger partial charge in [-0.2, -0.15) is 4.98 Å². The van der Waals surface area contributed by atoms with Gasteiger partial charge in [0.25, 0.3) is 0 Å². The van der Waals surface area contributed by atoms with Crippen molar-refractivity contribution in [1.82, 2.24) is 9.97 Å². The summed E-state index contributed by atoms with van der Waals surface area (Å²) in [6, 6.07) is 16.1. The molecule has 5 rings (SSSR count). The Hall–Kier alpha value is -2.79. The third-order valence-electron chi connectivity index (χ3n) is 5.56. The van der Waals surface area contributed by atoms with Crippen LogP contribution in [0, 0.1) is 0 Å². The second kappa shape index (κ2) is 7.56. The van der Waals surface area contributed by atoms with E-state index in [1.54, 1.807) is 7.11 Å². The predicted octanol–water partition coefficient (Wildman–Crippen LogP) is 5.32. The number of hydrogen-bond donors (Lipinski definition) is 1. The molecule has 0 radical (unpaired) electrons. The third-order valence-corrected chi connectivity index (χ3v) is 5.79. The van der Waals surface area contributed by atoms with E-state index in [9.17, 15) is 0 Å². The molecule has 0 spiro atoms. The van der Waals surface area contributed by atoms with E-state index in [0.29, 0.717) is 16.9 Å². The molecule has 0 atom stereocenters. The number of halogens is 1. The van der Waals surface area contributed by atoms with Crippen LogP contribution in [-0.2, 0) is 13.0 Å². The lowest BCUT2D eigenvalue weighted by Gasteiger charge is -2.30. The van der Waals surface area contributed by atoms with Gasteiger partial charge < -0.3 is 15.0 Å². The van der Waals surface area contributed by atoms with Crippen molar-refractivity contribution in [1.29, 1.82) is 0 Å². The highest BCUT2D eigenvalue weighted by Gasteiger charge is 2.28. The Morgan fingerprint density at radius 3 is 2.76 bits per heavy atom. The van der Waals surface area contributed by atoms with Crippen molar-refractivity contribution in [2.75, 3.05) is 23.9 Å². The highest BCUT2D eigenvalue weighted by molar-refractivity contribution is 6.30. The summed E-state index contributed by atoms with van der Waals surface area (Å²) in [5, 5.41) is 4.02. The van der Waals surface area contributed by atoms with Gasteiger partial charge in [-0.05, 0) is 60.7 Å². The van der Waals surface area contributed by atoms with Crippen LogP contribution < -0.4 is 15.0 Å². The summed E-state index contributed by atoms with van der Waals surface area (Å²) in [4.78, 5) is 11.9. The van der Waals surface area contributed by atoms with Gasteiger partial charge in [-0.15, -0.1) is 0 Å². The molecule has 2 aliphatic rings. The second-order valence-electron chi connectivity index (χ2n) is 7.69. The molecule has 3 aromatic rings. The molecule has 2 aromatic carbocycles. The van der Waals surface area contributed by atoms with Crippen molar-refractivity contribution in [2.45, 2.75) is 31.7 Å². The molecule has 1 aromatic heterocycles. The lowest BCUT2D eigenvalue weighted by atomic mass is 9.99. The molecule has 148 valence electrons. The van der Waals surface area contributed by atoms with Gasteiger partial charge in [0.15, 0.2) is 0 Å². The molecule has 1 N–H and O–H groups in total. The summed E-state index contributed by atoms with van der Waals surface area (Å²) in [5.41, 5.74) is 4.70. The first kappa shape index (κ1) is 18.3. The molecule has 6 heteroatoms. The van der Waals surface area contributed by atoms with Gasteiger partial charge in [-0.25, -0.2) is 4.98 Å². The van der Waals surface area contributed by atoms with E-state index in [1.165, 1.54) is 24.0 Å². The first-order chi connectivity index (χ1) is 14.2. The van der Waals surface area contributed by atoms with E-state index in [0.717, 1.165) is 42.5 Å². The van der Waals surface area contributed by atoms with Crippen molar-refractivity contribution in [3.63, 3.8) is 0 Å². The number of fused-ring (bicyclic) bond motifs is 1. The molecular weight excluding hydrogens is 384 g/mol. The number of benzene rings is 2. The van der Waals surface area contributed by atoms with Crippen molar-refractivity contribution in [2.24, 2.45) is 0 Å². The summed E-state index contributed by atoms with van der Waals surface area (Å²) < 4.78 is 5.37. The van der Waals surface area contributed by atoms with Crippen molar-refractivity contribution >= 4 is 29.1 Å². The highest BCUT2D eigenvalue weighted by atomic mass is 35.5. The maximum Gasteiger partial charge on any atom is 0.229 e. The van der Waals surface area contributed by atoms with Crippen LogP contribution in [0.3, 0.4) is 0 Å². The molecule has 0 saturated heterocycles. The fourth-order valence-electron chi connectivity index (χ4n) is 3.81. The second-order valence-corrected chi connectivity index (χ2v) is 8.13. The molecule has 1 aliphatic carbocycles. The Balaban J connectivity index is 1.44. The fraction of sp³-hybridized carbons (Fsp3) is 0.304. The van der Waals surface area contributed by atoms with E-state index in [-0.39, 0.29) is 0 Å². The number of ether oxygens (including phenoxy) is 1. The number of aromatic nitrogens is 2. The van der Waals surface area contributed by atoms with E-state index < -0.39 is 0 Å². The maximum atomic E-state index is 6.13. The first-order valence-corrected chi connectivity index (χ1v) is 10.4. The Labute approximate surface area is 175 Å². The van der Waals surface area contributed by atoms with E-state index >= 15 is 0 Å². The first-order valence-electron chi connectivity index (χ1n) is 10.0. The van der Waals surface area contributed by atoms with Crippen LogP contribution in [-0.4, -0.2) is 23.6 Å². The lowest BCUT2D eigenvalue weighted by Crippen LogP contribution is -2.31. The molecule has 0 bridgehead atoms. The zero-order valence-corrected chi connectivity index (χ0v) is 17.1. The normalized spacial score (nSPS) is 15.7. The van der Waals surface area contributed by atoms with Crippen LogP contribution >= 0.6 is 11.6 Å². The Morgan fingerprint density at radius 2 is 1.97 bits per heavy atom. The number of nitrogens with zero attached hydrogens (tertiary/aromatic N) is 3. The van der Waals surface area contributed by atoms with Gasteiger partial charge in [0, 0.05) is 35.8 Å². The number of anilines is 3. The van der Waals surface area contributed by atoms with Gasteiger partial charge >= 0.3 is 0 Å². The van der Waals surface area contributed by atoms with Gasteiger partial charge in [0.2, 0.25) is 5.95 Å². The number of rotatable bonds is 5. The summed E-state index contributed by atoms with van der Waals surface area (Å²) in [7, 11) is 1.71. The molecule has 5 nitrogen and oxygen atoms in total. The largest absolute Gasteiger partial charge is 0.497 e. The van der Waals surface area contributed by atoms with Gasteiger partial charge in [0.05, 0.1) is 12.8 Å². The SMILES string of the molecule is COc1ccc2c(c1)CCN(c1cc(C3CC3)nc(Nc3cccc(Cl)c3)n1)C2. The summed E-state index contributed by atoms with van der Waals surface area (Å²) in [6.07, 6.45) is 3.39. The Morgan fingerprint density at radius 1 is 1.07 bits per heavy atom. The minimum Gasteiger partial charge on any atom is -0.497 e. The average Bonchev–Trinajstić information content (AvgIpc) is 3.58. The molecule has 1 aliphatic heterocycles. The average molecular weight is 407 g/mol.